The number of benzene rings is 4. The first kappa shape index (κ1) is 93.5. The summed E-state index contributed by atoms with van der Waals surface area (Å²) in [4.78, 5) is 25.3. The molecule has 0 spiro atoms. The molecule has 9 aromatic heterocycles. The van der Waals surface area contributed by atoms with Crippen molar-refractivity contribution >= 4 is 102 Å². The fourth-order valence-corrected chi connectivity index (χ4v) is 29.4. The van der Waals surface area contributed by atoms with Gasteiger partial charge >= 0.3 is 0 Å². The van der Waals surface area contributed by atoms with Crippen LogP contribution in [-0.4, -0.2) is 0 Å². The fraction of sp³-hybridized carbons (Fsp3) is 0.421. The van der Waals surface area contributed by atoms with Crippen LogP contribution in [0, 0.1) is 35.5 Å². The lowest BCUT2D eigenvalue weighted by Gasteiger charge is -2.11. The summed E-state index contributed by atoms with van der Waals surface area (Å²) < 4.78 is 0. The summed E-state index contributed by atoms with van der Waals surface area (Å²) in [5.41, 5.74) is 26.2. The highest BCUT2D eigenvalue weighted by molar-refractivity contribution is 7.29. The fourth-order valence-electron chi connectivity index (χ4n) is 17.4. The number of unbranched alkanes of at least 4 members (excludes halogenated alkanes) is 12. The summed E-state index contributed by atoms with van der Waals surface area (Å²) in [6.45, 7) is 28.3. The molecule has 0 aliphatic heterocycles. The SMILES string of the molecule is CCCCc1c(-c2ccccc2)sc(-c2sc(-c3ccc(C#Cc4cc(C#Cc5ccc(-c6sc(-c7sc(-c8ccccc8)c(CCCC)c7CCCC)c(CCCC)c6CCCC)s5)cc(C#Cc5ccc(-c6sc(-c7sc(-c8ccccc8)c(CCCC)c7CCCC)c(CCCC)c6CCCC)s5)c4)s3)c(CCCC)c2CCCC)c1CCCC. The molecule has 13 rings (SSSR count). The summed E-state index contributed by atoms with van der Waals surface area (Å²) in [6.07, 6.45) is 42.0. The van der Waals surface area contributed by atoms with Crippen LogP contribution in [0.25, 0.3) is 89.8 Å². The van der Waals surface area contributed by atoms with Crippen molar-refractivity contribution in [2.75, 3.05) is 0 Å². The van der Waals surface area contributed by atoms with Crippen molar-refractivity contribution in [1.82, 2.24) is 0 Å². The lowest BCUT2D eigenvalue weighted by molar-refractivity contribution is 0.760. The van der Waals surface area contributed by atoms with Gasteiger partial charge in [0.15, 0.2) is 0 Å². The molecule has 0 aliphatic carbocycles. The number of thiophene rings is 9. The van der Waals surface area contributed by atoms with Gasteiger partial charge in [0, 0.05) is 89.8 Å². The lowest BCUT2D eigenvalue weighted by atomic mass is 9.93. The summed E-state index contributed by atoms with van der Waals surface area (Å²) in [7, 11) is 0. The van der Waals surface area contributed by atoms with E-state index in [2.05, 4.69) is 332 Å². The largest absolute Gasteiger partial charge is 0.134 e. The minimum Gasteiger partial charge on any atom is -0.134 e. The molecule has 0 saturated heterocycles. The Hall–Kier alpha value is -7.14. The second kappa shape index (κ2) is 48.1. The maximum atomic E-state index is 3.78. The highest BCUT2D eigenvalue weighted by Crippen LogP contribution is 2.56. The molecule has 4 aromatic carbocycles. The maximum Gasteiger partial charge on any atom is 0.0779 e. The average molecular weight is 1790 g/mol. The van der Waals surface area contributed by atoms with Crippen molar-refractivity contribution in [3.05, 3.63) is 244 Å². The van der Waals surface area contributed by atoms with Gasteiger partial charge in [0.1, 0.15) is 0 Å². The molecule has 0 N–H and O–H groups in total. The van der Waals surface area contributed by atoms with Crippen molar-refractivity contribution in [1.29, 1.82) is 0 Å². The molecule has 642 valence electrons. The molecule has 0 fully saturated rings. The van der Waals surface area contributed by atoms with Gasteiger partial charge in [0.25, 0.3) is 0 Å². The van der Waals surface area contributed by atoms with Crippen LogP contribution in [-0.2, 0) is 77.0 Å². The van der Waals surface area contributed by atoms with E-state index in [-0.39, 0.29) is 0 Å². The van der Waals surface area contributed by atoms with Gasteiger partial charge in [-0.25, -0.2) is 0 Å². The Kier molecular flexibility index (Phi) is 36.6. The van der Waals surface area contributed by atoms with Crippen molar-refractivity contribution < 1.29 is 0 Å². The van der Waals surface area contributed by atoms with Crippen LogP contribution >= 0.6 is 102 Å². The smallest absolute Gasteiger partial charge is 0.0779 e. The third-order valence-electron chi connectivity index (χ3n) is 24.2. The van der Waals surface area contributed by atoms with Crippen LogP contribution in [0.4, 0.5) is 0 Å². The van der Waals surface area contributed by atoms with Gasteiger partial charge in [-0.1, -0.05) is 287 Å². The summed E-state index contributed by atoms with van der Waals surface area (Å²) in [5.74, 6) is 22.7. The topological polar surface area (TPSA) is 0 Å². The van der Waals surface area contributed by atoms with E-state index < -0.39 is 0 Å². The third kappa shape index (κ3) is 23.2. The Labute approximate surface area is 778 Å². The van der Waals surface area contributed by atoms with Crippen molar-refractivity contribution in [3.8, 4) is 125 Å². The first-order valence-corrected chi connectivity index (χ1v) is 54.9. The van der Waals surface area contributed by atoms with Gasteiger partial charge < -0.3 is 0 Å². The van der Waals surface area contributed by atoms with Gasteiger partial charge in [-0.2, -0.15) is 0 Å². The van der Waals surface area contributed by atoms with E-state index in [1.54, 1.807) is 81.4 Å². The Morgan fingerprint density at radius 1 is 0.171 bits per heavy atom. The normalized spacial score (nSPS) is 11.4. The highest BCUT2D eigenvalue weighted by Gasteiger charge is 2.32. The minimum atomic E-state index is 0.937. The molecule has 0 nitrogen and oxygen atoms in total. The maximum absolute atomic E-state index is 3.78. The molecule has 0 amide bonds. The van der Waals surface area contributed by atoms with E-state index in [9.17, 15) is 0 Å². The first-order valence-electron chi connectivity index (χ1n) is 47.6. The Bertz CT molecular complexity index is 5140. The van der Waals surface area contributed by atoms with E-state index in [0.29, 0.717) is 0 Å². The van der Waals surface area contributed by atoms with Crippen molar-refractivity contribution in [2.45, 2.75) is 314 Å². The van der Waals surface area contributed by atoms with Crippen LogP contribution in [0.3, 0.4) is 0 Å². The van der Waals surface area contributed by atoms with Crippen molar-refractivity contribution in [3.63, 3.8) is 0 Å². The van der Waals surface area contributed by atoms with E-state index in [4.69, 9.17) is 0 Å². The van der Waals surface area contributed by atoms with E-state index >= 15 is 0 Å². The molecular formula is C114H132S9. The Morgan fingerprint density at radius 2 is 0.341 bits per heavy atom. The van der Waals surface area contributed by atoms with Gasteiger partial charge in [0.2, 0.25) is 0 Å². The standard InChI is InChI=1S/C114H132S9/c1-13-25-52-88-94(58-31-19-7)109(118-103(88)82-46-40-37-41-47-82)112-97(61-34-22-10)91(55-28-16-4)106(121-112)100-73-70-85(115-100)67-64-79-76-80(65-68-86-71-74-101(116-86)107-92(56-29-17-5)98(62-35-23-11)113(122-107)110-95(59-32-20-8)89(53-26-14-2)104(119-110)83-48-42-38-43-49-83)78-81(77-79)66-69-87-72-75-102(117-87)108-93(57-30-18-6)99(63-36-24-12)114(123-108)111-96(60-33-21-9)90(54-27-15-3)105(120-111)84-50-44-39-45-51-84/h37-51,70-78H,13-36,52-63H2,1-12H3. The zero-order chi connectivity index (χ0) is 85.8. The molecule has 0 unspecified atom stereocenters. The first-order chi connectivity index (χ1) is 60.5. The van der Waals surface area contributed by atoms with E-state index in [0.717, 1.165) is 108 Å². The van der Waals surface area contributed by atoms with E-state index in [1.165, 1.54) is 229 Å². The molecule has 0 bridgehead atoms. The van der Waals surface area contributed by atoms with Crippen LogP contribution in [0.2, 0.25) is 0 Å². The molecule has 0 atom stereocenters. The second-order valence-electron chi connectivity index (χ2n) is 33.7. The van der Waals surface area contributed by atoms with E-state index in [1.807, 2.05) is 34.0 Å². The molecule has 0 aliphatic rings. The van der Waals surface area contributed by atoms with Crippen LogP contribution in [0.1, 0.15) is 335 Å². The quantitative estimate of drug-likeness (QED) is 0.0334. The van der Waals surface area contributed by atoms with Crippen LogP contribution in [0.15, 0.2) is 146 Å². The molecular weight excluding hydrogens is 1660 g/mol. The second-order valence-corrected chi connectivity index (χ2v) is 43.1. The molecule has 123 heavy (non-hydrogen) atoms. The van der Waals surface area contributed by atoms with Gasteiger partial charge in [-0.05, 0) is 292 Å². The Morgan fingerprint density at radius 3 is 0.528 bits per heavy atom. The summed E-state index contributed by atoms with van der Waals surface area (Å²) >= 11 is 18.2. The average Bonchev–Trinajstić information content (AvgIpc) is 1.61. The molecule has 0 radical (unpaired) electrons. The lowest BCUT2D eigenvalue weighted by Crippen LogP contribution is -1.97. The number of hydrogen-bond acceptors (Lipinski definition) is 9. The zero-order valence-electron chi connectivity index (χ0n) is 76.0. The predicted molar refractivity (Wildman–Crippen MR) is 557 cm³/mol. The Balaban J connectivity index is 0.918. The zero-order valence-corrected chi connectivity index (χ0v) is 83.3. The highest BCUT2D eigenvalue weighted by atomic mass is 32.1. The van der Waals surface area contributed by atoms with Crippen LogP contribution in [0.5, 0.6) is 0 Å². The van der Waals surface area contributed by atoms with Crippen molar-refractivity contribution in [2.24, 2.45) is 0 Å². The van der Waals surface area contributed by atoms with Gasteiger partial charge in [-0.3, -0.25) is 0 Å². The monoisotopic (exact) mass is 1790 g/mol. The summed E-state index contributed by atoms with van der Waals surface area (Å²) in [5, 5.41) is 0. The molecule has 0 saturated carbocycles. The van der Waals surface area contributed by atoms with Gasteiger partial charge in [0.05, 0.1) is 14.6 Å². The van der Waals surface area contributed by atoms with Crippen LogP contribution < -0.4 is 0 Å². The third-order valence-corrected chi connectivity index (χ3v) is 36.0. The summed E-state index contributed by atoms with van der Waals surface area (Å²) in [6, 6.07) is 54.8. The number of rotatable bonds is 45. The molecule has 9 heterocycles. The van der Waals surface area contributed by atoms with Gasteiger partial charge in [-0.15, -0.1) is 102 Å². The molecule has 9 heteroatoms. The number of hydrogen-bond donors (Lipinski definition) is 0. The predicted octanol–water partition coefficient (Wildman–Crippen LogP) is 37.6. The molecule has 13 aromatic rings. The minimum absolute atomic E-state index is 0.937.